The second-order valence-corrected chi connectivity index (χ2v) is 12.3. The molecule has 1 saturated carbocycles. The van der Waals surface area contributed by atoms with Gasteiger partial charge in [0.05, 0.1) is 10.9 Å². The molecule has 202 valence electrons. The molecular formula is C31H33N3O4S. The van der Waals surface area contributed by atoms with Crippen LogP contribution in [0.25, 0.3) is 11.1 Å². The van der Waals surface area contributed by atoms with Crippen LogP contribution in [0.1, 0.15) is 61.2 Å². The Morgan fingerprint density at radius 1 is 1.08 bits per heavy atom. The maximum atomic E-state index is 13.8. The molecule has 5 rings (SSSR count). The molecule has 0 radical (unpaired) electrons. The highest BCUT2D eigenvalue weighted by Gasteiger charge is 2.38. The molecule has 0 amide bonds. The monoisotopic (exact) mass is 543 g/mol. The van der Waals surface area contributed by atoms with Crippen molar-refractivity contribution in [3.8, 4) is 17.0 Å². The second-order valence-electron chi connectivity index (χ2n) is 10.4. The summed E-state index contributed by atoms with van der Waals surface area (Å²) < 4.78 is 29.3. The number of aryl methyl sites for hydroxylation is 3. The molecular weight excluding hydrogens is 510 g/mol. The molecule has 1 N–H and O–H groups in total. The van der Waals surface area contributed by atoms with Crippen molar-refractivity contribution >= 4 is 9.84 Å². The minimum absolute atomic E-state index is 0.0708. The number of rotatable bonds is 9. The summed E-state index contributed by atoms with van der Waals surface area (Å²) in [6.45, 7) is 5.98. The highest BCUT2D eigenvalue weighted by molar-refractivity contribution is 7.91. The number of unbranched alkanes of at least 4 members (excludes halogenated alkanes) is 1. The summed E-state index contributed by atoms with van der Waals surface area (Å²) in [6.07, 6.45) is 7.44. The maximum Gasteiger partial charge on any atom is 0.296 e. The molecule has 7 nitrogen and oxygen atoms in total. The second kappa shape index (κ2) is 10.8. The number of hydrogen-bond acceptors (Lipinski definition) is 6. The summed E-state index contributed by atoms with van der Waals surface area (Å²) in [4.78, 5) is 20.9. The minimum Gasteiger partial charge on any atom is -0.493 e. The minimum atomic E-state index is -4.36. The van der Waals surface area contributed by atoms with E-state index in [1.165, 1.54) is 12.1 Å². The zero-order chi connectivity index (χ0) is 27.7. The quantitative estimate of drug-likeness (QED) is 0.286. The van der Waals surface area contributed by atoms with Gasteiger partial charge in [0.1, 0.15) is 5.82 Å². The number of pyridine rings is 1. The molecule has 39 heavy (non-hydrogen) atoms. The summed E-state index contributed by atoms with van der Waals surface area (Å²) in [5.41, 5.74) is 3.84. The Morgan fingerprint density at radius 3 is 2.46 bits per heavy atom. The first-order chi connectivity index (χ1) is 18.7. The van der Waals surface area contributed by atoms with Crippen molar-refractivity contribution in [2.45, 2.75) is 68.7 Å². The molecule has 0 saturated heterocycles. The Labute approximate surface area is 229 Å². The van der Waals surface area contributed by atoms with Gasteiger partial charge in [-0.05, 0) is 79.5 Å². The van der Waals surface area contributed by atoms with E-state index in [0.29, 0.717) is 12.2 Å². The van der Waals surface area contributed by atoms with E-state index in [1.54, 1.807) is 29.1 Å². The highest BCUT2D eigenvalue weighted by Crippen LogP contribution is 2.46. The van der Waals surface area contributed by atoms with Gasteiger partial charge in [-0.15, -0.1) is 0 Å². The van der Waals surface area contributed by atoms with Crippen molar-refractivity contribution in [3.05, 3.63) is 99.9 Å². The van der Waals surface area contributed by atoms with E-state index >= 15 is 0 Å². The first-order valence-electron chi connectivity index (χ1n) is 13.4. The van der Waals surface area contributed by atoms with Gasteiger partial charge < -0.3 is 5.11 Å². The molecule has 2 aromatic heterocycles. The van der Waals surface area contributed by atoms with E-state index in [1.807, 2.05) is 45.0 Å². The van der Waals surface area contributed by atoms with Crippen LogP contribution in [0.5, 0.6) is 5.88 Å². The number of hydrogen-bond donors (Lipinski definition) is 1. The molecule has 2 heterocycles. The van der Waals surface area contributed by atoms with E-state index in [2.05, 4.69) is 16.0 Å². The number of nitrogens with zero attached hydrogens (tertiary/aromatic N) is 3. The molecule has 0 unspecified atom stereocenters. The third-order valence-electron chi connectivity index (χ3n) is 7.38. The SMILES string of the molecule is CCCCc1nc(=O)c(S(=O)(=O)c2ccc(-c3ccncc3C)cc2)c(O)n1[C@H](c1cccc(C)c1)C1CC1. The van der Waals surface area contributed by atoms with Crippen molar-refractivity contribution in [1.82, 2.24) is 14.5 Å². The van der Waals surface area contributed by atoms with Crippen LogP contribution in [0.2, 0.25) is 0 Å². The summed E-state index contributed by atoms with van der Waals surface area (Å²) in [5.74, 6) is 0.106. The molecule has 4 aromatic rings. The first-order valence-corrected chi connectivity index (χ1v) is 14.9. The molecule has 1 atom stereocenters. The van der Waals surface area contributed by atoms with E-state index in [0.717, 1.165) is 53.5 Å². The molecule has 2 aromatic carbocycles. The smallest absolute Gasteiger partial charge is 0.296 e. The van der Waals surface area contributed by atoms with Gasteiger partial charge in [0.15, 0.2) is 4.90 Å². The molecule has 1 fully saturated rings. The Kier molecular flexibility index (Phi) is 7.40. The zero-order valence-corrected chi connectivity index (χ0v) is 23.3. The number of sulfone groups is 1. The zero-order valence-electron chi connectivity index (χ0n) is 22.5. The molecule has 8 heteroatoms. The average molecular weight is 544 g/mol. The van der Waals surface area contributed by atoms with Gasteiger partial charge in [-0.25, -0.2) is 8.42 Å². The fraction of sp³-hybridized carbons (Fsp3) is 0.323. The lowest BCUT2D eigenvalue weighted by atomic mass is 9.99. The number of aromatic hydroxyl groups is 1. The normalized spacial score (nSPS) is 14.3. The van der Waals surface area contributed by atoms with Crippen LogP contribution in [0.3, 0.4) is 0 Å². The van der Waals surface area contributed by atoms with Gasteiger partial charge in [0, 0.05) is 18.8 Å². The van der Waals surface area contributed by atoms with Gasteiger partial charge in [0.2, 0.25) is 15.7 Å². The van der Waals surface area contributed by atoms with E-state index in [4.69, 9.17) is 0 Å². The lowest BCUT2D eigenvalue weighted by molar-refractivity contribution is 0.348. The lowest BCUT2D eigenvalue weighted by Crippen LogP contribution is -2.28. The van der Waals surface area contributed by atoms with Crippen LogP contribution in [0, 0.1) is 19.8 Å². The van der Waals surface area contributed by atoms with Gasteiger partial charge in [-0.1, -0.05) is 55.3 Å². The fourth-order valence-electron chi connectivity index (χ4n) is 5.21. The van der Waals surface area contributed by atoms with Crippen molar-refractivity contribution < 1.29 is 13.5 Å². The predicted molar refractivity (Wildman–Crippen MR) is 151 cm³/mol. The summed E-state index contributed by atoms with van der Waals surface area (Å²) >= 11 is 0. The summed E-state index contributed by atoms with van der Waals surface area (Å²) in [6, 6.07) is 15.9. The van der Waals surface area contributed by atoms with Crippen LogP contribution in [0.4, 0.5) is 0 Å². The van der Waals surface area contributed by atoms with Gasteiger partial charge in [-0.2, -0.15) is 4.98 Å². The van der Waals surface area contributed by atoms with E-state index < -0.39 is 26.2 Å². The maximum absolute atomic E-state index is 13.8. The van der Waals surface area contributed by atoms with E-state index in [9.17, 15) is 18.3 Å². The van der Waals surface area contributed by atoms with Gasteiger partial charge in [-0.3, -0.25) is 14.3 Å². The Hall–Kier alpha value is -3.78. The largest absolute Gasteiger partial charge is 0.493 e. The molecule has 1 aliphatic rings. The number of aromatic nitrogens is 3. The van der Waals surface area contributed by atoms with Crippen molar-refractivity contribution in [2.24, 2.45) is 5.92 Å². The van der Waals surface area contributed by atoms with Crippen molar-refractivity contribution in [2.75, 3.05) is 0 Å². The van der Waals surface area contributed by atoms with Gasteiger partial charge >= 0.3 is 0 Å². The Morgan fingerprint density at radius 2 is 1.82 bits per heavy atom. The molecule has 1 aliphatic carbocycles. The number of benzene rings is 2. The molecule has 0 spiro atoms. The lowest BCUT2D eigenvalue weighted by Gasteiger charge is -2.26. The molecule has 0 bridgehead atoms. The van der Waals surface area contributed by atoms with Crippen LogP contribution < -0.4 is 5.56 Å². The highest BCUT2D eigenvalue weighted by atomic mass is 32.2. The first kappa shape index (κ1) is 26.8. The standard InChI is InChI=1S/C31H33N3O4S/c1-4-5-9-27-33-30(35)29(31(36)34(27)28(23-10-11-23)24-8-6-7-20(2)18-24)39(37,38)25-14-12-22(13-15-25)26-16-17-32-19-21(26)3/h6-8,12-19,23,28,36H,4-5,9-11H2,1-3H3/t28-/m0/s1. The van der Waals surface area contributed by atoms with Crippen molar-refractivity contribution in [3.63, 3.8) is 0 Å². The van der Waals surface area contributed by atoms with Crippen LogP contribution in [0.15, 0.2) is 81.6 Å². The summed E-state index contributed by atoms with van der Waals surface area (Å²) in [5, 5.41) is 11.6. The Bertz CT molecular complexity index is 1670. The van der Waals surface area contributed by atoms with Crippen LogP contribution in [-0.4, -0.2) is 28.1 Å². The van der Waals surface area contributed by atoms with Crippen LogP contribution in [-0.2, 0) is 16.3 Å². The van der Waals surface area contributed by atoms with Gasteiger partial charge in [0.25, 0.3) is 5.56 Å². The predicted octanol–water partition coefficient (Wildman–Crippen LogP) is 5.80. The third-order valence-corrected chi connectivity index (χ3v) is 9.17. The third kappa shape index (κ3) is 5.26. The van der Waals surface area contributed by atoms with Crippen molar-refractivity contribution in [1.29, 1.82) is 0 Å². The summed E-state index contributed by atoms with van der Waals surface area (Å²) in [7, 11) is -4.36. The fourth-order valence-corrected chi connectivity index (χ4v) is 6.56. The molecule has 0 aliphatic heterocycles. The Balaban J connectivity index is 1.65. The average Bonchev–Trinajstić information content (AvgIpc) is 3.75. The topological polar surface area (TPSA) is 102 Å². The van der Waals surface area contributed by atoms with E-state index in [-0.39, 0.29) is 16.9 Å². The van der Waals surface area contributed by atoms with Crippen LogP contribution >= 0.6 is 0 Å².